The summed E-state index contributed by atoms with van der Waals surface area (Å²) < 4.78 is 5.13. The van der Waals surface area contributed by atoms with Crippen LogP contribution >= 0.6 is 0 Å². The van der Waals surface area contributed by atoms with Crippen molar-refractivity contribution in [2.75, 3.05) is 13.7 Å². The van der Waals surface area contributed by atoms with E-state index in [4.69, 9.17) is 15.7 Å². The molecule has 106 valence electrons. The Bertz CT molecular complexity index is 390. The van der Waals surface area contributed by atoms with E-state index in [1.54, 1.807) is 7.11 Å². The van der Waals surface area contributed by atoms with Gasteiger partial charge < -0.3 is 21.0 Å². The Balaban J connectivity index is 2.25. The molecule has 0 aromatic heterocycles. The Kier molecular flexibility index (Phi) is 6.74. The van der Waals surface area contributed by atoms with Crippen LogP contribution in [0.2, 0.25) is 0 Å². The molecule has 1 rings (SSSR count). The molecule has 19 heavy (non-hydrogen) atoms. The number of nitrogens with zero attached hydrogens (tertiary/aromatic N) is 1. The van der Waals surface area contributed by atoms with E-state index in [9.17, 15) is 0 Å². The molecule has 0 fully saturated rings. The number of unbranched alkanes of at least 4 members (excludes halogenated alkanes) is 1. The molecular formula is C14H23N3O2. The molecule has 0 aliphatic carbocycles. The quantitative estimate of drug-likeness (QED) is 0.221. The first-order chi connectivity index (χ1) is 9.17. The Morgan fingerprint density at radius 1 is 1.37 bits per heavy atom. The largest absolute Gasteiger partial charge is 0.497 e. The first-order valence-corrected chi connectivity index (χ1v) is 6.51. The SMILES string of the molecule is COc1ccc(C(C)NCCCCC(N)=NO)cc1. The Morgan fingerprint density at radius 3 is 2.63 bits per heavy atom. The van der Waals surface area contributed by atoms with Gasteiger partial charge in [-0.3, -0.25) is 0 Å². The highest BCUT2D eigenvalue weighted by molar-refractivity contribution is 5.79. The molecule has 0 aliphatic rings. The van der Waals surface area contributed by atoms with Crippen molar-refractivity contribution in [3.8, 4) is 5.75 Å². The van der Waals surface area contributed by atoms with Gasteiger partial charge in [0.25, 0.3) is 0 Å². The van der Waals surface area contributed by atoms with Crippen LogP contribution in [0.5, 0.6) is 5.75 Å². The minimum Gasteiger partial charge on any atom is -0.497 e. The summed E-state index contributed by atoms with van der Waals surface area (Å²) in [7, 11) is 1.66. The zero-order valence-electron chi connectivity index (χ0n) is 11.6. The second-order valence-electron chi connectivity index (χ2n) is 4.50. The molecule has 0 heterocycles. The van der Waals surface area contributed by atoms with Crippen LogP contribution in [0.15, 0.2) is 29.4 Å². The fourth-order valence-corrected chi connectivity index (χ4v) is 1.81. The van der Waals surface area contributed by atoms with Crippen LogP contribution in [0.1, 0.15) is 37.8 Å². The minimum atomic E-state index is 0.295. The molecule has 1 aromatic carbocycles. The molecule has 0 bridgehead atoms. The molecule has 4 N–H and O–H groups in total. The van der Waals surface area contributed by atoms with E-state index >= 15 is 0 Å². The van der Waals surface area contributed by atoms with Gasteiger partial charge in [0.05, 0.1) is 7.11 Å². The molecule has 1 aromatic rings. The van der Waals surface area contributed by atoms with Crippen LogP contribution in [0, 0.1) is 0 Å². The number of benzene rings is 1. The second kappa shape index (κ2) is 8.37. The summed E-state index contributed by atoms with van der Waals surface area (Å²) in [4.78, 5) is 0. The predicted octanol–water partition coefficient (Wildman–Crippen LogP) is 2.26. The molecule has 1 unspecified atom stereocenters. The van der Waals surface area contributed by atoms with Crippen molar-refractivity contribution in [3.63, 3.8) is 0 Å². The van der Waals surface area contributed by atoms with E-state index < -0.39 is 0 Å². The van der Waals surface area contributed by atoms with Crippen molar-refractivity contribution >= 4 is 5.84 Å². The lowest BCUT2D eigenvalue weighted by Gasteiger charge is -2.14. The summed E-state index contributed by atoms with van der Waals surface area (Å²) in [6, 6.07) is 8.35. The summed E-state index contributed by atoms with van der Waals surface area (Å²) in [5, 5.41) is 14.8. The third kappa shape index (κ3) is 5.61. The van der Waals surface area contributed by atoms with Crippen LogP contribution in [0.25, 0.3) is 0 Å². The third-order valence-electron chi connectivity index (χ3n) is 3.05. The van der Waals surface area contributed by atoms with Gasteiger partial charge in [-0.2, -0.15) is 0 Å². The maximum absolute atomic E-state index is 8.41. The number of amidine groups is 1. The zero-order chi connectivity index (χ0) is 14.1. The standard InChI is InChI=1S/C14H23N3O2/c1-11(12-6-8-13(19-2)9-7-12)16-10-4-3-5-14(15)17-18/h6-9,11,16,18H,3-5,10H2,1-2H3,(H2,15,17). The zero-order valence-corrected chi connectivity index (χ0v) is 11.6. The van der Waals surface area contributed by atoms with Gasteiger partial charge in [-0.25, -0.2) is 0 Å². The lowest BCUT2D eigenvalue weighted by atomic mass is 10.1. The molecule has 0 radical (unpaired) electrons. The monoisotopic (exact) mass is 265 g/mol. The normalized spacial score (nSPS) is 13.3. The molecule has 0 aliphatic heterocycles. The van der Waals surface area contributed by atoms with Gasteiger partial charge in [0, 0.05) is 12.5 Å². The molecular weight excluding hydrogens is 242 g/mol. The first kappa shape index (κ1) is 15.3. The summed E-state index contributed by atoms with van der Waals surface area (Å²) >= 11 is 0. The maximum atomic E-state index is 8.41. The number of nitrogens with one attached hydrogen (secondary N) is 1. The summed E-state index contributed by atoms with van der Waals surface area (Å²) in [5.74, 6) is 1.16. The number of ether oxygens (including phenoxy) is 1. The smallest absolute Gasteiger partial charge is 0.139 e. The average molecular weight is 265 g/mol. The lowest BCUT2D eigenvalue weighted by molar-refractivity contribution is 0.316. The van der Waals surface area contributed by atoms with Gasteiger partial charge in [0.1, 0.15) is 11.6 Å². The van der Waals surface area contributed by atoms with E-state index in [2.05, 4.69) is 29.5 Å². The summed E-state index contributed by atoms with van der Waals surface area (Å²) in [6.07, 6.45) is 2.55. The van der Waals surface area contributed by atoms with Crippen molar-refractivity contribution in [3.05, 3.63) is 29.8 Å². The van der Waals surface area contributed by atoms with Crippen molar-refractivity contribution in [2.24, 2.45) is 10.9 Å². The molecule has 5 heteroatoms. The van der Waals surface area contributed by atoms with Crippen LogP contribution in [0.3, 0.4) is 0 Å². The number of oxime groups is 1. The molecule has 5 nitrogen and oxygen atoms in total. The fraction of sp³-hybridized carbons (Fsp3) is 0.500. The van der Waals surface area contributed by atoms with Gasteiger partial charge in [0.2, 0.25) is 0 Å². The van der Waals surface area contributed by atoms with Gasteiger partial charge in [-0.1, -0.05) is 17.3 Å². The number of nitrogens with two attached hydrogens (primary N) is 1. The summed E-state index contributed by atoms with van der Waals surface area (Å²) in [5.41, 5.74) is 6.63. The van der Waals surface area contributed by atoms with E-state index in [0.717, 1.165) is 25.1 Å². The highest BCUT2D eigenvalue weighted by Gasteiger charge is 2.04. The third-order valence-corrected chi connectivity index (χ3v) is 3.05. The molecule has 0 amide bonds. The lowest BCUT2D eigenvalue weighted by Crippen LogP contribution is -2.20. The van der Waals surface area contributed by atoms with E-state index in [1.807, 2.05) is 12.1 Å². The Hall–Kier alpha value is -1.75. The molecule has 0 saturated heterocycles. The summed E-state index contributed by atoms with van der Waals surface area (Å²) in [6.45, 7) is 3.04. The van der Waals surface area contributed by atoms with Gasteiger partial charge in [-0.05, 0) is 44.0 Å². The topological polar surface area (TPSA) is 79.9 Å². The van der Waals surface area contributed by atoms with Crippen molar-refractivity contribution in [1.82, 2.24) is 5.32 Å². The van der Waals surface area contributed by atoms with Crippen LogP contribution < -0.4 is 15.8 Å². The predicted molar refractivity (Wildman–Crippen MR) is 76.7 cm³/mol. The van der Waals surface area contributed by atoms with Gasteiger partial charge >= 0.3 is 0 Å². The maximum Gasteiger partial charge on any atom is 0.139 e. The van der Waals surface area contributed by atoms with Crippen molar-refractivity contribution in [1.29, 1.82) is 0 Å². The number of methoxy groups -OCH3 is 1. The molecule has 1 atom stereocenters. The average Bonchev–Trinajstić information content (AvgIpc) is 2.46. The van der Waals surface area contributed by atoms with Crippen LogP contribution in [-0.4, -0.2) is 24.7 Å². The van der Waals surface area contributed by atoms with E-state index in [1.165, 1.54) is 5.56 Å². The second-order valence-corrected chi connectivity index (χ2v) is 4.50. The minimum absolute atomic E-state index is 0.295. The fourth-order valence-electron chi connectivity index (χ4n) is 1.81. The molecule has 0 spiro atoms. The van der Waals surface area contributed by atoms with Crippen molar-refractivity contribution < 1.29 is 9.94 Å². The van der Waals surface area contributed by atoms with Crippen LogP contribution in [0.4, 0.5) is 0 Å². The van der Waals surface area contributed by atoms with E-state index in [0.29, 0.717) is 18.3 Å². The van der Waals surface area contributed by atoms with Gasteiger partial charge in [-0.15, -0.1) is 0 Å². The number of rotatable bonds is 8. The highest BCUT2D eigenvalue weighted by Crippen LogP contribution is 2.17. The Morgan fingerprint density at radius 2 is 2.05 bits per heavy atom. The van der Waals surface area contributed by atoms with Crippen LogP contribution in [-0.2, 0) is 0 Å². The number of hydrogen-bond acceptors (Lipinski definition) is 4. The first-order valence-electron chi connectivity index (χ1n) is 6.51. The van der Waals surface area contributed by atoms with E-state index in [-0.39, 0.29) is 0 Å². The molecule has 0 saturated carbocycles. The van der Waals surface area contributed by atoms with Crippen molar-refractivity contribution in [2.45, 2.75) is 32.2 Å². The number of hydrogen-bond donors (Lipinski definition) is 3. The van der Waals surface area contributed by atoms with Gasteiger partial charge in [0.15, 0.2) is 0 Å². The highest BCUT2D eigenvalue weighted by atomic mass is 16.5. The Labute approximate surface area is 114 Å².